The van der Waals surface area contributed by atoms with Gasteiger partial charge in [-0.05, 0) is 24.6 Å². The van der Waals surface area contributed by atoms with Crippen LogP contribution in [0.25, 0.3) is 10.6 Å². The maximum absolute atomic E-state index is 12.1. The Labute approximate surface area is 159 Å². The lowest BCUT2D eigenvalue weighted by atomic mass is 10.2. The smallest absolute Gasteiger partial charge is 0.343 e. The van der Waals surface area contributed by atoms with Gasteiger partial charge in [-0.3, -0.25) is 0 Å². The van der Waals surface area contributed by atoms with Gasteiger partial charge >= 0.3 is 5.97 Å². The van der Waals surface area contributed by atoms with Gasteiger partial charge in [0, 0.05) is 24.9 Å². The van der Waals surface area contributed by atoms with Crippen molar-refractivity contribution in [2.45, 2.75) is 18.5 Å². The lowest BCUT2D eigenvalue weighted by Gasteiger charge is -2.11. The average molecular weight is 390 g/mol. The van der Waals surface area contributed by atoms with Gasteiger partial charge in [0.05, 0.1) is 17.8 Å². The van der Waals surface area contributed by atoms with Crippen molar-refractivity contribution in [1.29, 1.82) is 0 Å². The van der Waals surface area contributed by atoms with Gasteiger partial charge in [0.2, 0.25) is 0 Å². The fourth-order valence-corrected chi connectivity index (χ4v) is 3.49. The number of H-pyrrole nitrogens is 1. The number of esters is 1. The molecule has 3 aromatic heterocycles. The molecule has 0 unspecified atom stereocenters. The molecule has 0 fully saturated rings. The van der Waals surface area contributed by atoms with Gasteiger partial charge in [-0.25, -0.2) is 19.7 Å². The van der Waals surface area contributed by atoms with Gasteiger partial charge in [-0.15, -0.1) is 11.3 Å². The van der Waals surface area contributed by atoms with E-state index < -0.39 is 5.97 Å². The van der Waals surface area contributed by atoms with Crippen LogP contribution in [-0.2, 0) is 11.2 Å². The van der Waals surface area contributed by atoms with E-state index in [2.05, 4.69) is 25.3 Å². The number of carbonyl (C=O) groups is 1. The van der Waals surface area contributed by atoms with Gasteiger partial charge < -0.3 is 15.0 Å². The number of hydrogen-bond donors (Lipinski definition) is 2. The third-order valence-electron chi connectivity index (χ3n) is 3.58. The van der Waals surface area contributed by atoms with Crippen LogP contribution in [0.15, 0.2) is 35.2 Å². The first-order valence-corrected chi connectivity index (χ1v) is 10.2. The second kappa shape index (κ2) is 8.81. The molecule has 0 aliphatic carbocycles. The summed E-state index contributed by atoms with van der Waals surface area (Å²) in [5, 5.41) is 5.86. The van der Waals surface area contributed by atoms with Crippen LogP contribution in [0, 0.1) is 0 Å². The minimum Gasteiger partial charge on any atom is -0.462 e. The number of thiophene rings is 1. The van der Waals surface area contributed by atoms with Gasteiger partial charge in [0.25, 0.3) is 0 Å². The first kappa shape index (κ1) is 18.4. The van der Waals surface area contributed by atoms with Gasteiger partial charge in [0.1, 0.15) is 17.1 Å². The fourth-order valence-electron chi connectivity index (χ4n) is 2.40. The quantitative estimate of drug-likeness (QED) is 0.346. The zero-order valence-corrected chi connectivity index (χ0v) is 16.1. The molecule has 26 heavy (non-hydrogen) atoms. The predicted molar refractivity (Wildman–Crippen MR) is 104 cm³/mol. The molecular formula is C17H19N5O2S2. The second-order valence-corrected chi connectivity index (χ2v) is 6.94. The number of thioether (sulfide) groups is 1. The highest BCUT2D eigenvalue weighted by Gasteiger charge is 2.16. The number of ether oxygens (including phenoxy) is 1. The Kier molecular flexibility index (Phi) is 6.24. The second-order valence-electron chi connectivity index (χ2n) is 5.22. The molecule has 3 aromatic rings. The van der Waals surface area contributed by atoms with Crippen LogP contribution in [0.1, 0.15) is 23.0 Å². The molecule has 0 saturated heterocycles. The van der Waals surface area contributed by atoms with E-state index in [0.717, 1.165) is 16.3 Å². The lowest BCUT2D eigenvalue weighted by molar-refractivity contribution is 0.0526. The van der Waals surface area contributed by atoms with Crippen molar-refractivity contribution < 1.29 is 9.53 Å². The summed E-state index contributed by atoms with van der Waals surface area (Å²) in [5.74, 6) is 0.0588. The van der Waals surface area contributed by atoms with Gasteiger partial charge in [-0.1, -0.05) is 17.8 Å². The molecule has 3 rings (SSSR count). The van der Waals surface area contributed by atoms with E-state index in [1.807, 2.05) is 23.8 Å². The molecule has 0 aliphatic rings. The number of nitrogens with one attached hydrogen (secondary N) is 2. The summed E-state index contributed by atoms with van der Waals surface area (Å²) < 4.78 is 5.08. The molecule has 0 amide bonds. The fraction of sp³-hybridized carbons (Fsp3) is 0.294. The molecule has 0 atom stereocenters. The van der Waals surface area contributed by atoms with E-state index in [0.29, 0.717) is 36.1 Å². The number of imidazole rings is 1. The Balaban J connectivity index is 1.72. The van der Waals surface area contributed by atoms with Crippen molar-refractivity contribution in [2.24, 2.45) is 0 Å². The number of nitrogens with zero attached hydrogens (tertiary/aromatic N) is 3. The predicted octanol–water partition coefficient (Wildman–Crippen LogP) is 3.48. The molecule has 7 nitrogen and oxygen atoms in total. The largest absolute Gasteiger partial charge is 0.462 e. The maximum atomic E-state index is 12.1. The Hall–Kier alpha value is -2.39. The standard InChI is InChI=1S/C17H19N5O2S2/c1-3-24-16(23)11-9-19-17(25-2)22-15(11)18-7-6-12-14(21-10-20-12)13-5-4-8-26-13/h4-5,8-10H,3,6-7H2,1-2H3,(H,20,21)(H,18,19,22). The summed E-state index contributed by atoms with van der Waals surface area (Å²) in [5.41, 5.74) is 2.34. The molecule has 0 aliphatic heterocycles. The molecule has 9 heteroatoms. The number of hydrogen-bond acceptors (Lipinski definition) is 8. The highest BCUT2D eigenvalue weighted by atomic mass is 32.2. The number of rotatable bonds is 8. The minimum atomic E-state index is -0.427. The molecule has 2 N–H and O–H groups in total. The topological polar surface area (TPSA) is 92.8 Å². The highest BCUT2D eigenvalue weighted by molar-refractivity contribution is 7.98. The van der Waals surface area contributed by atoms with Crippen molar-refractivity contribution in [3.63, 3.8) is 0 Å². The summed E-state index contributed by atoms with van der Waals surface area (Å²) in [6.45, 7) is 2.67. The monoisotopic (exact) mass is 389 g/mol. The van der Waals surface area contributed by atoms with Crippen LogP contribution in [0.5, 0.6) is 0 Å². The highest BCUT2D eigenvalue weighted by Crippen LogP contribution is 2.25. The first-order chi connectivity index (χ1) is 12.7. The molecule has 0 aromatic carbocycles. The summed E-state index contributed by atoms with van der Waals surface area (Å²) in [7, 11) is 0. The van der Waals surface area contributed by atoms with Crippen LogP contribution in [0.2, 0.25) is 0 Å². The van der Waals surface area contributed by atoms with Gasteiger partial charge in [0.15, 0.2) is 5.16 Å². The molecule has 0 bridgehead atoms. The van der Waals surface area contributed by atoms with E-state index in [9.17, 15) is 4.79 Å². The van der Waals surface area contributed by atoms with E-state index in [1.165, 1.54) is 18.0 Å². The zero-order chi connectivity index (χ0) is 18.4. The molecular weight excluding hydrogens is 370 g/mol. The van der Waals surface area contributed by atoms with Crippen LogP contribution in [0.3, 0.4) is 0 Å². The zero-order valence-electron chi connectivity index (χ0n) is 14.5. The van der Waals surface area contributed by atoms with E-state index in [4.69, 9.17) is 4.74 Å². The van der Waals surface area contributed by atoms with Crippen molar-refractivity contribution in [2.75, 3.05) is 24.7 Å². The third kappa shape index (κ3) is 4.23. The van der Waals surface area contributed by atoms with Crippen LogP contribution in [0.4, 0.5) is 5.82 Å². The normalized spacial score (nSPS) is 10.7. The number of aromatic nitrogens is 4. The van der Waals surface area contributed by atoms with Crippen molar-refractivity contribution in [3.05, 3.63) is 41.3 Å². The summed E-state index contributed by atoms with van der Waals surface area (Å²) in [4.78, 5) is 29.4. The van der Waals surface area contributed by atoms with E-state index in [-0.39, 0.29) is 0 Å². The molecule has 0 radical (unpaired) electrons. The average Bonchev–Trinajstić information content (AvgIpc) is 3.33. The van der Waals surface area contributed by atoms with Crippen LogP contribution in [-0.4, -0.2) is 45.3 Å². The van der Waals surface area contributed by atoms with Gasteiger partial charge in [-0.2, -0.15) is 0 Å². The molecule has 0 saturated carbocycles. The van der Waals surface area contributed by atoms with E-state index >= 15 is 0 Å². The maximum Gasteiger partial charge on any atom is 0.343 e. The molecule has 136 valence electrons. The number of anilines is 1. The van der Waals surface area contributed by atoms with Crippen molar-refractivity contribution >= 4 is 34.9 Å². The van der Waals surface area contributed by atoms with E-state index in [1.54, 1.807) is 24.6 Å². The Morgan fingerprint density at radius 1 is 1.42 bits per heavy atom. The lowest BCUT2D eigenvalue weighted by Crippen LogP contribution is -2.14. The first-order valence-electron chi connectivity index (χ1n) is 8.11. The minimum absolute atomic E-state index is 0.306. The SMILES string of the molecule is CCOC(=O)c1cnc(SC)nc1NCCc1[nH]cnc1-c1cccs1. The molecule has 3 heterocycles. The Morgan fingerprint density at radius 2 is 2.31 bits per heavy atom. The molecule has 0 spiro atoms. The summed E-state index contributed by atoms with van der Waals surface area (Å²) in [6.07, 6.45) is 5.81. The summed E-state index contributed by atoms with van der Waals surface area (Å²) in [6, 6.07) is 4.05. The van der Waals surface area contributed by atoms with Crippen molar-refractivity contribution in [3.8, 4) is 10.6 Å². The Morgan fingerprint density at radius 3 is 3.04 bits per heavy atom. The number of carbonyl (C=O) groups excluding carboxylic acids is 1. The third-order valence-corrected chi connectivity index (χ3v) is 5.02. The Bertz CT molecular complexity index is 864. The van der Waals surface area contributed by atoms with Crippen LogP contribution < -0.4 is 5.32 Å². The van der Waals surface area contributed by atoms with Crippen LogP contribution >= 0.6 is 23.1 Å². The van der Waals surface area contributed by atoms with Crippen molar-refractivity contribution in [1.82, 2.24) is 19.9 Å². The summed E-state index contributed by atoms with van der Waals surface area (Å²) >= 11 is 3.07. The number of aromatic amines is 1.